The fourth-order valence-corrected chi connectivity index (χ4v) is 1.32. The van der Waals surface area contributed by atoms with Gasteiger partial charge < -0.3 is 15.3 Å². The average Bonchev–Trinajstić information content (AvgIpc) is 2.70. The Morgan fingerprint density at radius 2 is 2.20 bits per heavy atom. The molecule has 78 valence electrons. The quantitative estimate of drug-likeness (QED) is 0.810. The molecule has 0 atom stereocenters. The van der Waals surface area contributed by atoms with Crippen molar-refractivity contribution in [3.63, 3.8) is 0 Å². The Morgan fingerprint density at radius 1 is 1.40 bits per heavy atom. The van der Waals surface area contributed by atoms with Crippen LogP contribution in [0.25, 0.3) is 11.5 Å². The van der Waals surface area contributed by atoms with E-state index in [0.717, 1.165) is 0 Å². The molecule has 0 bridgehead atoms. The first-order valence-corrected chi connectivity index (χ1v) is 4.60. The normalized spacial score (nSPS) is 10.5. The predicted molar refractivity (Wildman–Crippen MR) is 54.3 cm³/mol. The highest BCUT2D eigenvalue weighted by molar-refractivity contribution is 6.33. The molecule has 0 amide bonds. The molecule has 0 saturated carbocycles. The van der Waals surface area contributed by atoms with Crippen molar-refractivity contribution >= 4 is 11.6 Å². The van der Waals surface area contributed by atoms with E-state index in [4.69, 9.17) is 21.8 Å². The van der Waals surface area contributed by atoms with E-state index in [1.54, 1.807) is 6.07 Å². The summed E-state index contributed by atoms with van der Waals surface area (Å²) in [5, 5.41) is 17.2. The molecule has 3 N–H and O–H groups in total. The van der Waals surface area contributed by atoms with Crippen molar-refractivity contribution in [1.82, 2.24) is 10.2 Å². The van der Waals surface area contributed by atoms with E-state index in [-0.39, 0.29) is 18.2 Å². The topological polar surface area (TPSA) is 85.2 Å². The molecule has 0 aliphatic carbocycles. The van der Waals surface area contributed by atoms with Gasteiger partial charge in [-0.15, -0.1) is 10.2 Å². The van der Waals surface area contributed by atoms with E-state index in [0.29, 0.717) is 16.5 Å². The van der Waals surface area contributed by atoms with Gasteiger partial charge in [-0.3, -0.25) is 0 Å². The molecule has 0 radical (unpaired) electrons. The third-order valence-corrected chi connectivity index (χ3v) is 2.15. The summed E-state index contributed by atoms with van der Waals surface area (Å²) in [6.45, 7) is 0.170. The number of phenols is 1. The molecular formula is C9H8ClN3O2. The second-order valence-corrected chi connectivity index (χ2v) is 3.28. The van der Waals surface area contributed by atoms with Gasteiger partial charge in [0.05, 0.1) is 17.1 Å². The number of rotatable bonds is 2. The van der Waals surface area contributed by atoms with E-state index in [1.165, 1.54) is 12.1 Å². The third kappa shape index (κ3) is 1.93. The van der Waals surface area contributed by atoms with Gasteiger partial charge in [0.25, 0.3) is 0 Å². The molecule has 1 aromatic carbocycles. The van der Waals surface area contributed by atoms with Crippen molar-refractivity contribution in [2.45, 2.75) is 6.54 Å². The second kappa shape index (κ2) is 3.88. The fraction of sp³-hybridized carbons (Fsp3) is 0.111. The minimum atomic E-state index is 0.0851. The van der Waals surface area contributed by atoms with Gasteiger partial charge in [-0.05, 0) is 18.2 Å². The van der Waals surface area contributed by atoms with Crippen LogP contribution in [-0.4, -0.2) is 15.3 Å². The average molecular weight is 226 g/mol. The number of aromatic nitrogens is 2. The monoisotopic (exact) mass is 225 g/mol. The number of hydrogen-bond donors (Lipinski definition) is 2. The minimum absolute atomic E-state index is 0.0851. The highest BCUT2D eigenvalue weighted by atomic mass is 35.5. The van der Waals surface area contributed by atoms with E-state index in [9.17, 15) is 5.11 Å². The van der Waals surface area contributed by atoms with Crippen LogP contribution < -0.4 is 5.73 Å². The number of phenolic OH excluding ortho intramolecular Hbond substituents is 1. The lowest BCUT2D eigenvalue weighted by atomic mass is 10.2. The standard InChI is InChI=1S/C9H8ClN3O2/c10-7-2-1-5(14)3-6(7)9-13-12-8(4-11)15-9/h1-3,14H,4,11H2. The number of halogens is 1. The molecule has 0 aliphatic rings. The van der Waals surface area contributed by atoms with Crippen LogP contribution in [0.1, 0.15) is 5.89 Å². The number of aromatic hydroxyl groups is 1. The van der Waals surface area contributed by atoms with Gasteiger partial charge in [0.2, 0.25) is 11.8 Å². The first-order chi connectivity index (χ1) is 7.20. The van der Waals surface area contributed by atoms with Gasteiger partial charge in [-0.1, -0.05) is 11.6 Å². The van der Waals surface area contributed by atoms with Crippen LogP contribution in [0.2, 0.25) is 5.02 Å². The zero-order chi connectivity index (χ0) is 10.8. The molecule has 2 aromatic rings. The van der Waals surface area contributed by atoms with Crippen molar-refractivity contribution in [2.75, 3.05) is 0 Å². The van der Waals surface area contributed by atoms with Crippen LogP contribution in [-0.2, 0) is 6.54 Å². The van der Waals surface area contributed by atoms with Crippen LogP contribution >= 0.6 is 11.6 Å². The predicted octanol–water partition coefficient (Wildman–Crippen LogP) is 1.55. The molecular weight excluding hydrogens is 218 g/mol. The largest absolute Gasteiger partial charge is 0.508 e. The first kappa shape index (κ1) is 9.95. The summed E-state index contributed by atoms with van der Waals surface area (Å²) in [4.78, 5) is 0. The molecule has 0 fully saturated rings. The van der Waals surface area contributed by atoms with Gasteiger partial charge >= 0.3 is 0 Å². The van der Waals surface area contributed by atoms with Crippen LogP contribution in [0.15, 0.2) is 22.6 Å². The van der Waals surface area contributed by atoms with Gasteiger partial charge in [-0.2, -0.15) is 0 Å². The van der Waals surface area contributed by atoms with Crippen LogP contribution in [0.5, 0.6) is 5.75 Å². The van der Waals surface area contributed by atoms with Crippen molar-refractivity contribution in [1.29, 1.82) is 0 Å². The zero-order valence-corrected chi connectivity index (χ0v) is 8.40. The highest BCUT2D eigenvalue weighted by Crippen LogP contribution is 2.29. The van der Waals surface area contributed by atoms with E-state index >= 15 is 0 Å². The van der Waals surface area contributed by atoms with E-state index in [1.807, 2.05) is 0 Å². The lowest BCUT2D eigenvalue weighted by Crippen LogP contribution is -1.95. The maximum absolute atomic E-state index is 9.29. The Kier molecular flexibility index (Phi) is 2.57. The molecule has 1 aromatic heterocycles. The summed E-state index contributed by atoms with van der Waals surface area (Å²) in [6, 6.07) is 4.49. The minimum Gasteiger partial charge on any atom is -0.508 e. The smallest absolute Gasteiger partial charge is 0.249 e. The van der Waals surface area contributed by atoms with E-state index < -0.39 is 0 Å². The van der Waals surface area contributed by atoms with Gasteiger partial charge in [0.15, 0.2) is 0 Å². The van der Waals surface area contributed by atoms with Crippen molar-refractivity contribution in [3.8, 4) is 17.2 Å². The SMILES string of the molecule is NCc1nnc(-c2cc(O)ccc2Cl)o1. The summed E-state index contributed by atoms with van der Waals surface area (Å²) in [7, 11) is 0. The van der Waals surface area contributed by atoms with Gasteiger partial charge in [-0.25, -0.2) is 0 Å². The van der Waals surface area contributed by atoms with Crippen LogP contribution in [0, 0.1) is 0 Å². The fourth-order valence-electron chi connectivity index (χ4n) is 1.12. The highest BCUT2D eigenvalue weighted by Gasteiger charge is 2.11. The maximum atomic E-state index is 9.29. The Hall–Kier alpha value is -1.59. The number of benzene rings is 1. The van der Waals surface area contributed by atoms with Gasteiger partial charge in [0.1, 0.15) is 5.75 Å². The molecule has 5 nitrogen and oxygen atoms in total. The third-order valence-electron chi connectivity index (χ3n) is 1.82. The van der Waals surface area contributed by atoms with Gasteiger partial charge in [0, 0.05) is 0 Å². The van der Waals surface area contributed by atoms with Crippen LogP contribution in [0.4, 0.5) is 0 Å². The molecule has 1 heterocycles. The first-order valence-electron chi connectivity index (χ1n) is 4.22. The number of hydrogen-bond acceptors (Lipinski definition) is 5. The molecule has 0 unspecified atom stereocenters. The molecule has 0 saturated heterocycles. The Labute approximate surface area is 90.5 Å². The Balaban J connectivity index is 2.48. The summed E-state index contributed by atoms with van der Waals surface area (Å²) >= 11 is 5.91. The van der Waals surface area contributed by atoms with Crippen molar-refractivity contribution < 1.29 is 9.52 Å². The molecule has 15 heavy (non-hydrogen) atoms. The molecule has 0 aliphatic heterocycles. The number of nitrogens with two attached hydrogens (primary N) is 1. The molecule has 0 spiro atoms. The molecule has 2 rings (SSSR count). The summed E-state index contributed by atoms with van der Waals surface area (Å²) < 4.78 is 5.21. The second-order valence-electron chi connectivity index (χ2n) is 2.87. The van der Waals surface area contributed by atoms with Crippen molar-refractivity contribution in [3.05, 3.63) is 29.1 Å². The summed E-state index contributed by atoms with van der Waals surface area (Å²) in [6.07, 6.45) is 0. The molecule has 6 heteroatoms. The summed E-state index contributed by atoms with van der Waals surface area (Å²) in [5.41, 5.74) is 5.82. The zero-order valence-electron chi connectivity index (χ0n) is 7.64. The Morgan fingerprint density at radius 3 is 2.87 bits per heavy atom. The van der Waals surface area contributed by atoms with E-state index in [2.05, 4.69) is 10.2 Å². The van der Waals surface area contributed by atoms with Crippen molar-refractivity contribution in [2.24, 2.45) is 5.73 Å². The van der Waals surface area contributed by atoms with Crippen LogP contribution in [0.3, 0.4) is 0 Å². The maximum Gasteiger partial charge on any atom is 0.249 e. The Bertz CT molecular complexity index is 484. The lowest BCUT2D eigenvalue weighted by molar-refractivity contribution is 0.474. The number of nitrogens with zero attached hydrogens (tertiary/aromatic N) is 2. The lowest BCUT2D eigenvalue weighted by Gasteiger charge is -1.99. The summed E-state index contributed by atoms with van der Waals surface area (Å²) in [5.74, 6) is 0.655.